The second-order valence-electron chi connectivity index (χ2n) is 3.96. The molecule has 0 bridgehead atoms. The summed E-state index contributed by atoms with van der Waals surface area (Å²) in [6, 6.07) is 6.13. The Kier molecular flexibility index (Phi) is 3.77. The molecule has 1 amide bonds. The molecule has 0 radical (unpaired) electrons. The van der Waals surface area contributed by atoms with Crippen LogP contribution in [0.5, 0.6) is 0 Å². The van der Waals surface area contributed by atoms with Gasteiger partial charge in [-0.15, -0.1) is 0 Å². The molecule has 1 atom stereocenters. The van der Waals surface area contributed by atoms with Gasteiger partial charge in [-0.1, -0.05) is 12.1 Å². The van der Waals surface area contributed by atoms with Crippen molar-refractivity contribution in [2.75, 3.05) is 19.8 Å². The van der Waals surface area contributed by atoms with Gasteiger partial charge in [0.15, 0.2) is 9.84 Å². The predicted octanol–water partition coefficient (Wildman–Crippen LogP) is 0.519. The standard InChI is InChI=1S/C11H16N2O3S/c1-8(11(14)13(2)3)17(15,16)10-7-5-4-6-9(10)12/h4-8H,12H2,1-3H3. The lowest BCUT2D eigenvalue weighted by atomic mass is 10.3. The van der Waals surface area contributed by atoms with Crippen LogP contribution in [-0.2, 0) is 14.6 Å². The van der Waals surface area contributed by atoms with E-state index in [9.17, 15) is 13.2 Å². The van der Waals surface area contributed by atoms with Gasteiger partial charge in [0.05, 0.1) is 10.6 Å². The average Bonchev–Trinajstić information content (AvgIpc) is 2.27. The van der Waals surface area contributed by atoms with E-state index in [1.54, 1.807) is 12.1 Å². The lowest BCUT2D eigenvalue weighted by Gasteiger charge is -2.18. The number of hydrogen-bond donors (Lipinski definition) is 1. The van der Waals surface area contributed by atoms with Gasteiger partial charge >= 0.3 is 0 Å². The molecule has 0 aromatic heterocycles. The Bertz CT molecular complexity index is 523. The van der Waals surface area contributed by atoms with E-state index in [2.05, 4.69) is 0 Å². The minimum absolute atomic E-state index is 0.00250. The number of nitrogen functional groups attached to an aromatic ring is 1. The minimum Gasteiger partial charge on any atom is -0.398 e. The molecule has 0 fully saturated rings. The van der Waals surface area contributed by atoms with Gasteiger partial charge in [-0.2, -0.15) is 0 Å². The monoisotopic (exact) mass is 256 g/mol. The van der Waals surface area contributed by atoms with Crippen LogP contribution in [0.1, 0.15) is 6.92 Å². The lowest BCUT2D eigenvalue weighted by Crippen LogP contribution is -2.37. The van der Waals surface area contributed by atoms with Crippen molar-refractivity contribution in [2.24, 2.45) is 0 Å². The molecule has 2 N–H and O–H groups in total. The van der Waals surface area contributed by atoms with E-state index in [0.717, 1.165) is 0 Å². The normalized spacial score (nSPS) is 13.1. The van der Waals surface area contributed by atoms with Crippen molar-refractivity contribution in [1.82, 2.24) is 4.90 Å². The molecule has 0 aliphatic rings. The zero-order chi connectivity index (χ0) is 13.2. The third-order valence-electron chi connectivity index (χ3n) is 2.48. The number of carbonyl (C=O) groups is 1. The molecule has 1 aromatic rings. The lowest BCUT2D eigenvalue weighted by molar-refractivity contribution is -0.127. The molecular weight excluding hydrogens is 240 g/mol. The number of carbonyl (C=O) groups excluding carboxylic acids is 1. The first-order valence-corrected chi connectivity index (χ1v) is 6.62. The van der Waals surface area contributed by atoms with Gasteiger partial charge in [0.25, 0.3) is 0 Å². The Morgan fingerprint density at radius 1 is 1.29 bits per heavy atom. The van der Waals surface area contributed by atoms with Gasteiger partial charge in [-0.05, 0) is 19.1 Å². The van der Waals surface area contributed by atoms with Crippen molar-refractivity contribution in [2.45, 2.75) is 17.1 Å². The van der Waals surface area contributed by atoms with Crippen molar-refractivity contribution in [3.8, 4) is 0 Å². The molecule has 5 nitrogen and oxygen atoms in total. The molecule has 0 aliphatic heterocycles. The summed E-state index contributed by atoms with van der Waals surface area (Å²) in [7, 11) is -0.697. The Balaban J connectivity index is 3.22. The number of nitrogens with zero attached hydrogens (tertiary/aromatic N) is 1. The molecule has 0 spiro atoms. The van der Waals surface area contributed by atoms with E-state index in [-0.39, 0.29) is 10.6 Å². The fourth-order valence-electron chi connectivity index (χ4n) is 1.43. The van der Waals surface area contributed by atoms with Gasteiger partial charge in [-0.3, -0.25) is 4.79 Å². The van der Waals surface area contributed by atoms with Crippen LogP contribution in [0.25, 0.3) is 0 Å². The molecule has 0 saturated heterocycles. The molecular formula is C11H16N2O3S. The van der Waals surface area contributed by atoms with E-state index in [1.165, 1.54) is 38.1 Å². The van der Waals surface area contributed by atoms with E-state index in [4.69, 9.17) is 5.73 Å². The highest BCUT2D eigenvalue weighted by molar-refractivity contribution is 7.93. The predicted molar refractivity (Wildman–Crippen MR) is 66.2 cm³/mol. The Morgan fingerprint density at radius 3 is 2.29 bits per heavy atom. The third kappa shape index (κ3) is 2.58. The van der Waals surface area contributed by atoms with Crippen molar-refractivity contribution < 1.29 is 13.2 Å². The number of anilines is 1. The molecule has 1 aromatic carbocycles. The highest BCUT2D eigenvalue weighted by Gasteiger charge is 2.31. The number of benzene rings is 1. The number of hydrogen-bond acceptors (Lipinski definition) is 4. The molecule has 6 heteroatoms. The Hall–Kier alpha value is -1.56. The molecule has 1 rings (SSSR count). The van der Waals surface area contributed by atoms with Crippen LogP contribution in [-0.4, -0.2) is 38.6 Å². The van der Waals surface area contributed by atoms with E-state index < -0.39 is 21.0 Å². The van der Waals surface area contributed by atoms with Gasteiger partial charge in [0.2, 0.25) is 5.91 Å². The molecule has 1 unspecified atom stereocenters. The second-order valence-corrected chi connectivity index (χ2v) is 6.19. The molecule has 0 aliphatic carbocycles. The minimum atomic E-state index is -3.73. The van der Waals surface area contributed by atoms with E-state index in [1.807, 2.05) is 0 Å². The molecule has 94 valence electrons. The van der Waals surface area contributed by atoms with Crippen molar-refractivity contribution in [1.29, 1.82) is 0 Å². The summed E-state index contributed by atoms with van der Waals surface area (Å²) in [6.07, 6.45) is 0. The fraction of sp³-hybridized carbons (Fsp3) is 0.364. The summed E-state index contributed by atoms with van der Waals surface area (Å²) in [4.78, 5) is 12.9. The summed E-state index contributed by atoms with van der Waals surface area (Å²) >= 11 is 0. The van der Waals surface area contributed by atoms with Crippen LogP contribution in [0, 0.1) is 0 Å². The topological polar surface area (TPSA) is 80.5 Å². The smallest absolute Gasteiger partial charge is 0.240 e. The fourth-order valence-corrected chi connectivity index (χ4v) is 2.95. The van der Waals surface area contributed by atoms with Gasteiger partial charge in [-0.25, -0.2) is 8.42 Å². The second kappa shape index (κ2) is 4.75. The van der Waals surface area contributed by atoms with Crippen LogP contribution >= 0.6 is 0 Å². The summed E-state index contributed by atoms with van der Waals surface area (Å²) in [5.41, 5.74) is 5.77. The number of para-hydroxylation sites is 1. The maximum absolute atomic E-state index is 12.2. The van der Waals surface area contributed by atoms with E-state index in [0.29, 0.717) is 0 Å². The van der Waals surface area contributed by atoms with Gasteiger partial charge < -0.3 is 10.6 Å². The van der Waals surface area contributed by atoms with Crippen LogP contribution in [0.3, 0.4) is 0 Å². The van der Waals surface area contributed by atoms with Gasteiger partial charge in [0, 0.05) is 14.1 Å². The summed E-state index contributed by atoms with van der Waals surface area (Å²) in [5, 5.41) is -1.14. The Morgan fingerprint density at radius 2 is 1.82 bits per heavy atom. The van der Waals surface area contributed by atoms with E-state index >= 15 is 0 Å². The summed E-state index contributed by atoms with van der Waals surface area (Å²) in [5.74, 6) is -0.465. The number of nitrogens with two attached hydrogens (primary N) is 1. The first kappa shape index (κ1) is 13.5. The third-order valence-corrected chi connectivity index (χ3v) is 4.60. The first-order chi connectivity index (χ1) is 7.78. The molecule has 0 saturated carbocycles. The Labute approximate surface area is 101 Å². The summed E-state index contributed by atoms with van der Waals surface area (Å²) < 4.78 is 24.3. The zero-order valence-electron chi connectivity index (χ0n) is 10.0. The van der Waals surface area contributed by atoms with Crippen molar-refractivity contribution >= 4 is 21.4 Å². The number of rotatable bonds is 3. The number of sulfone groups is 1. The largest absolute Gasteiger partial charge is 0.398 e. The average molecular weight is 256 g/mol. The zero-order valence-corrected chi connectivity index (χ0v) is 10.9. The first-order valence-electron chi connectivity index (χ1n) is 5.08. The van der Waals surface area contributed by atoms with Crippen LogP contribution < -0.4 is 5.73 Å². The number of amides is 1. The van der Waals surface area contributed by atoms with Crippen LogP contribution in [0.15, 0.2) is 29.2 Å². The maximum atomic E-state index is 12.2. The van der Waals surface area contributed by atoms with Crippen LogP contribution in [0.4, 0.5) is 5.69 Å². The highest BCUT2D eigenvalue weighted by atomic mass is 32.2. The SMILES string of the molecule is CC(C(=O)N(C)C)S(=O)(=O)c1ccccc1N. The van der Waals surface area contributed by atoms with Crippen molar-refractivity contribution in [3.63, 3.8) is 0 Å². The molecule has 17 heavy (non-hydrogen) atoms. The van der Waals surface area contributed by atoms with Gasteiger partial charge in [0.1, 0.15) is 5.25 Å². The summed E-state index contributed by atoms with van der Waals surface area (Å²) in [6.45, 7) is 1.37. The van der Waals surface area contributed by atoms with Crippen molar-refractivity contribution in [3.05, 3.63) is 24.3 Å². The maximum Gasteiger partial charge on any atom is 0.240 e. The highest BCUT2D eigenvalue weighted by Crippen LogP contribution is 2.22. The quantitative estimate of drug-likeness (QED) is 0.799. The molecule has 0 heterocycles. The van der Waals surface area contributed by atoms with Crippen LogP contribution in [0.2, 0.25) is 0 Å².